The molecule has 4 nitrogen and oxygen atoms in total. The molecule has 1 aromatic rings. The molecule has 122 valence electrons. The van der Waals surface area contributed by atoms with Gasteiger partial charge in [-0.05, 0) is 63.0 Å². The van der Waals surface area contributed by atoms with Gasteiger partial charge in [-0.25, -0.2) is 4.98 Å². The number of fused-ring (bicyclic) bond motifs is 4. The molecule has 4 heterocycles. The quantitative estimate of drug-likeness (QED) is 0.861. The van der Waals surface area contributed by atoms with Gasteiger partial charge in [0, 0.05) is 37.9 Å². The Morgan fingerprint density at radius 2 is 2.00 bits per heavy atom. The predicted octanol–water partition coefficient (Wildman–Crippen LogP) is 2.88. The molecule has 2 atom stereocenters. The fraction of sp³-hybridized carbons (Fsp3) is 0.684. The lowest BCUT2D eigenvalue weighted by molar-refractivity contribution is 0.128. The number of anilines is 1. The minimum atomic E-state index is 0.642. The molecule has 0 N–H and O–H groups in total. The summed E-state index contributed by atoms with van der Waals surface area (Å²) < 4.78 is 0. The lowest BCUT2D eigenvalue weighted by Crippen LogP contribution is -2.44. The highest BCUT2D eigenvalue weighted by Gasteiger charge is 2.38. The minimum absolute atomic E-state index is 0.642. The molecule has 0 aromatic carbocycles. The number of nitriles is 1. The molecule has 4 fully saturated rings. The van der Waals surface area contributed by atoms with E-state index < -0.39 is 0 Å². The molecule has 23 heavy (non-hydrogen) atoms. The third-order valence-electron chi connectivity index (χ3n) is 5.75. The van der Waals surface area contributed by atoms with Crippen molar-refractivity contribution in [1.29, 1.82) is 5.26 Å². The molecule has 3 saturated heterocycles. The fourth-order valence-corrected chi connectivity index (χ4v) is 4.39. The number of nitrogens with zero attached hydrogens (tertiary/aromatic N) is 4. The first-order valence-corrected chi connectivity index (χ1v) is 9.01. The zero-order valence-electron chi connectivity index (χ0n) is 14.3. The first-order chi connectivity index (χ1) is 11.1. The van der Waals surface area contributed by atoms with Gasteiger partial charge in [-0.2, -0.15) is 5.26 Å². The highest BCUT2D eigenvalue weighted by Crippen LogP contribution is 2.36. The summed E-state index contributed by atoms with van der Waals surface area (Å²) in [5, 5.41) is 9.59. The smallest absolute Gasteiger partial charge is 0.147 e. The Bertz CT molecular complexity index is 644. The van der Waals surface area contributed by atoms with Crippen LogP contribution in [0.3, 0.4) is 0 Å². The van der Waals surface area contributed by atoms with Crippen LogP contribution in [-0.2, 0) is 0 Å². The molecule has 1 aliphatic carbocycles. The van der Waals surface area contributed by atoms with E-state index in [0.717, 1.165) is 47.6 Å². The van der Waals surface area contributed by atoms with Crippen LogP contribution in [-0.4, -0.2) is 42.1 Å². The van der Waals surface area contributed by atoms with Crippen molar-refractivity contribution in [3.8, 4) is 6.07 Å². The summed E-state index contributed by atoms with van der Waals surface area (Å²) in [5.41, 5.74) is 2.84. The van der Waals surface area contributed by atoms with Crippen molar-refractivity contribution in [2.24, 2.45) is 11.8 Å². The van der Waals surface area contributed by atoms with Gasteiger partial charge in [0.1, 0.15) is 11.9 Å². The lowest BCUT2D eigenvalue weighted by atomic mass is 9.95. The third-order valence-corrected chi connectivity index (χ3v) is 5.75. The molecule has 2 bridgehead atoms. The summed E-state index contributed by atoms with van der Waals surface area (Å²) in [7, 11) is 0. The molecule has 4 aliphatic rings. The van der Waals surface area contributed by atoms with E-state index in [2.05, 4.69) is 15.9 Å². The van der Waals surface area contributed by atoms with Crippen LogP contribution in [0.5, 0.6) is 0 Å². The van der Waals surface area contributed by atoms with Crippen LogP contribution < -0.4 is 4.90 Å². The Morgan fingerprint density at radius 3 is 2.74 bits per heavy atom. The van der Waals surface area contributed by atoms with Gasteiger partial charge in [-0.3, -0.25) is 4.90 Å². The highest BCUT2D eigenvalue weighted by atomic mass is 15.3. The molecule has 4 heteroatoms. The monoisotopic (exact) mass is 310 g/mol. The summed E-state index contributed by atoms with van der Waals surface area (Å²) >= 11 is 0. The fourth-order valence-electron chi connectivity index (χ4n) is 4.39. The summed E-state index contributed by atoms with van der Waals surface area (Å²) in [4.78, 5) is 9.90. The van der Waals surface area contributed by atoms with Crippen molar-refractivity contribution in [2.45, 2.75) is 45.6 Å². The van der Waals surface area contributed by atoms with Crippen molar-refractivity contribution in [3.05, 3.63) is 22.9 Å². The number of pyridine rings is 1. The number of piperidine rings is 1. The zero-order chi connectivity index (χ0) is 16.0. The van der Waals surface area contributed by atoms with Gasteiger partial charge >= 0.3 is 0 Å². The summed E-state index contributed by atoms with van der Waals surface area (Å²) in [5.74, 6) is 2.61. The van der Waals surface area contributed by atoms with Crippen LogP contribution >= 0.6 is 0 Å². The Kier molecular flexibility index (Phi) is 3.77. The van der Waals surface area contributed by atoms with Gasteiger partial charge in [-0.1, -0.05) is 0 Å². The second-order valence-corrected chi connectivity index (χ2v) is 7.79. The van der Waals surface area contributed by atoms with E-state index in [1.54, 1.807) is 0 Å². The van der Waals surface area contributed by atoms with Gasteiger partial charge in [0.25, 0.3) is 0 Å². The average Bonchev–Trinajstić information content (AvgIpc) is 3.34. The Hall–Kier alpha value is -1.60. The summed E-state index contributed by atoms with van der Waals surface area (Å²) in [6.07, 6.45) is 5.49. The van der Waals surface area contributed by atoms with Crippen molar-refractivity contribution in [3.63, 3.8) is 0 Å². The largest absolute Gasteiger partial charge is 0.354 e. The highest BCUT2D eigenvalue weighted by molar-refractivity contribution is 5.58. The molecular formula is C19H26N4. The van der Waals surface area contributed by atoms with Crippen molar-refractivity contribution in [1.82, 2.24) is 9.88 Å². The number of hydrogen-bond donors (Lipinski definition) is 0. The number of aryl methyl sites for hydroxylation is 2. The molecule has 3 aliphatic heterocycles. The van der Waals surface area contributed by atoms with Crippen molar-refractivity contribution < 1.29 is 0 Å². The summed E-state index contributed by atoms with van der Waals surface area (Å²) in [6, 6.07) is 5.06. The molecule has 5 rings (SSSR count). The maximum absolute atomic E-state index is 9.59. The van der Waals surface area contributed by atoms with Crippen LogP contribution in [0.15, 0.2) is 6.07 Å². The molecule has 1 saturated carbocycles. The SMILES string of the molecule is Cc1cc(C)c(C#N)c(N2C[C@@H]3CC[C@H](C2)N(CC2CC2)C3)n1. The molecule has 1 aromatic heterocycles. The number of hydrogen-bond acceptors (Lipinski definition) is 4. The minimum Gasteiger partial charge on any atom is -0.354 e. The average molecular weight is 310 g/mol. The second kappa shape index (κ2) is 5.79. The van der Waals surface area contributed by atoms with Crippen LogP contribution in [0.25, 0.3) is 0 Å². The molecule has 0 amide bonds. The van der Waals surface area contributed by atoms with E-state index in [1.165, 1.54) is 38.8 Å². The van der Waals surface area contributed by atoms with E-state index in [4.69, 9.17) is 4.98 Å². The van der Waals surface area contributed by atoms with Gasteiger partial charge in [-0.15, -0.1) is 0 Å². The van der Waals surface area contributed by atoms with Crippen LogP contribution in [0, 0.1) is 37.0 Å². The van der Waals surface area contributed by atoms with Crippen LogP contribution in [0.4, 0.5) is 5.82 Å². The van der Waals surface area contributed by atoms with Gasteiger partial charge in [0.05, 0.1) is 5.56 Å². The van der Waals surface area contributed by atoms with Gasteiger partial charge < -0.3 is 4.90 Å². The Labute approximate surface area is 139 Å². The van der Waals surface area contributed by atoms with Crippen LogP contribution in [0.2, 0.25) is 0 Å². The van der Waals surface area contributed by atoms with E-state index in [0.29, 0.717) is 6.04 Å². The first-order valence-electron chi connectivity index (χ1n) is 9.01. The number of rotatable bonds is 3. The van der Waals surface area contributed by atoms with Gasteiger partial charge in [0.2, 0.25) is 0 Å². The predicted molar refractivity (Wildman–Crippen MR) is 91.4 cm³/mol. The Morgan fingerprint density at radius 1 is 1.17 bits per heavy atom. The lowest BCUT2D eigenvalue weighted by Gasteiger charge is -2.36. The maximum Gasteiger partial charge on any atom is 0.147 e. The topological polar surface area (TPSA) is 43.2 Å². The maximum atomic E-state index is 9.59. The molecule has 0 unspecified atom stereocenters. The summed E-state index contributed by atoms with van der Waals surface area (Å²) in [6.45, 7) is 8.69. The third kappa shape index (κ3) is 2.95. The second-order valence-electron chi connectivity index (χ2n) is 7.79. The standard InChI is InChI=1S/C19H26N4/c1-13-7-14(2)21-19(18(13)8-20)23-11-16-5-6-17(12-23)22(10-16)9-15-3-4-15/h7,15-17H,3-6,9-12H2,1-2H3/t16-,17-/m1/s1. The number of aromatic nitrogens is 1. The molecular weight excluding hydrogens is 284 g/mol. The molecule has 0 spiro atoms. The van der Waals surface area contributed by atoms with Crippen LogP contribution in [0.1, 0.15) is 42.5 Å². The van der Waals surface area contributed by atoms with E-state index >= 15 is 0 Å². The van der Waals surface area contributed by atoms with Crippen molar-refractivity contribution in [2.75, 3.05) is 31.1 Å². The van der Waals surface area contributed by atoms with E-state index in [9.17, 15) is 5.26 Å². The van der Waals surface area contributed by atoms with Crippen molar-refractivity contribution >= 4 is 5.82 Å². The van der Waals surface area contributed by atoms with E-state index in [1.807, 2.05) is 19.9 Å². The normalized spacial score (nSPS) is 27.8. The van der Waals surface area contributed by atoms with Gasteiger partial charge in [0.15, 0.2) is 0 Å². The Balaban J connectivity index is 1.62. The zero-order valence-corrected chi connectivity index (χ0v) is 14.3. The van der Waals surface area contributed by atoms with E-state index in [-0.39, 0.29) is 0 Å². The molecule has 0 radical (unpaired) electrons. The first kappa shape index (κ1) is 15.0.